The van der Waals surface area contributed by atoms with Gasteiger partial charge >= 0.3 is 5.97 Å². The fourth-order valence-corrected chi connectivity index (χ4v) is 1.48. The lowest BCUT2D eigenvalue weighted by Gasteiger charge is -2.13. The molecule has 0 fully saturated rings. The Balaban J connectivity index is 3.37. The Hall–Kier alpha value is -1.75. The van der Waals surface area contributed by atoms with E-state index in [1.165, 1.54) is 21.3 Å². The smallest absolute Gasteiger partial charge is 0.340 e. The van der Waals surface area contributed by atoms with Crippen molar-refractivity contribution in [2.75, 3.05) is 21.3 Å². The van der Waals surface area contributed by atoms with Gasteiger partial charge in [-0.3, -0.25) is 0 Å². The normalized spacial score (nSPS) is 9.94. The van der Waals surface area contributed by atoms with Crippen LogP contribution in [0.1, 0.15) is 15.9 Å². The first-order valence-corrected chi connectivity index (χ1v) is 4.61. The number of carboxylic acid groups (broad SMARTS) is 1. The van der Waals surface area contributed by atoms with E-state index in [0.717, 1.165) is 0 Å². The average Bonchev–Trinajstić information content (AvgIpc) is 2.28. The van der Waals surface area contributed by atoms with Crippen molar-refractivity contribution in [3.63, 3.8) is 0 Å². The highest BCUT2D eigenvalue weighted by Gasteiger charge is 2.20. The summed E-state index contributed by atoms with van der Waals surface area (Å²) >= 11 is 0. The number of hydrogen-bond donors (Lipinski definition) is 1. The van der Waals surface area contributed by atoms with Crippen molar-refractivity contribution in [3.8, 4) is 11.5 Å². The molecule has 0 amide bonds. The van der Waals surface area contributed by atoms with E-state index in [1.807, 2.05) is 0 Å². The largest absolute Gasteiger partial charge is 0.493 e. The minimum absolute atomic E-state index is 0.0729. The Kier molecular flexibility index (Phi) is 4.13. The lowest BCUT2D eigenvalue weighted by molar-refractivity contribution is 0.0687. The van der Waals surface area contributed by atoms with E-state index >= 15 is 0 Å². The number of carbonyl (C=O) groups is 1. The first kappa shape index (κ1) is 12.3. The fraction of sp³-hybridized carbons (Fsp3) is 0.364. The summed E-state index contributed by atoms with van der Waals surface area (Å²) in [7, 11) is 4.36. The van der Waals surface area contributed by atoms with E-state index in [-0.39, 0.29) is 17.9 Å². The monoisotopic (exact) mass is 226 g/mol. The zero-order valence-corrected chi connectivity index (χ0v) is 9.44. The van der Waals surface area contributed by atoms with Crippen molar-refractivity contribution in [2.45, 2.75) is 6.61 Å². The number of benzene rings is 1. The predicted molar refractivity (Wildman–Crippen MR) is 57.2 cm³/mol. The Morgan fingerprint density at radius 3 is 2.38 bits per heavy atom. The molecule has 0 saturated heterocycles. The second-order valence-electron chi connectivity index (χ2n) is 3.07. The molecule has 1 rings (SSSR count). The summed E-state index contributed by atoms with van der Waals surface area (Å²) in [4.78, 5) is 11.2. The molecule has 1 aromatic rings. The standard InChI is InChI=1S/C11H14O5/c1-14-6-7-4-5-8(15-2)10(16-3)9(7)11(12)13/h4-5H,6H2,1-3H3,(H,12,13). The van der Waals surface area contributed by atoms with E-state index in [2.05, 4.69) is 0 Å². The van der Waals surface area contributed by atoms with E-state index < -0.39 is 5.97 Å². The third-order valence-corrected chi connectivity index (χ3v) is 2.15. The van der Waals surface area contributed by atoms with Gasteiger partial charge in [-0.05, 0) is 11.6 Å². The summed E-state index contributed by atoms with van der Waals surface area (Å²) in [5, 5.41) is 9.13. The third-order valence-electron chi connectivity index (χ3n) is 2.15. The van der Waals surface area contributed by atoms with Crippen LogP contribution in [0.4, 0.5) is 0 Å². The molecule has 0 atom stereocenters. The molecule has 0 aliphatic rings. The van der Waals surface area contributed by atoms with E-state index in [1.54, 1.807) is 12.1 Å². The van der Waals surface area contributed by atoms with Crippen LogP contribution >= 0.6 is 0 Å². The number of carboxylic acids is 1. The Labute approximate surface area is 93.6 Å². The van der Waals surface area contributed by atoms with Gasteiger partial charge in [0.25, 0.3) is 0 Å². The minimum atomic E-state index is -1.07. The molecule has 88 valence electrons. The van der Waals surface area contributed by atoms with Gasteiger partial charge in [-0.1, -0.05) is 6.07 Å². The van der Waals surface area contributed by atoms with Crippen molar-refractivity contribution < 1.29 is 24.1 Å². The molecule has 0 aromatic heterocycles. The molecule has 5 nitrogen and oxygen atoms in total. The number of hydrogen-bond acceptors (Lipinski definition) is 4. The molecule has 0 aliphatic carbocycles. The van der Waals surface area contributed by atoms with Gasteiger partial charge in [0.15, 0.2) is 11.5 Å². The summed E-state index contributed by atoms with van der Waals surface area (Å²) in [5.74, 6) is -0.466. The Morgan fingerprint density at radius 1 is 1.25 bits per heavy atom. The summed E-state index contributed by atoms with van der Waals surface area (Å²) in [6, 6.07) is 3.30. The first-order chi connectivity index (χ1) is 7.65. The second kappa shape index (κ2) is 5.37. The highest BCUT2D eigenvalue weighted by Crippen LogP contribution is 2.33. The first-order valence-electron chi connectivity index (χ1n) is 4.61. The number of methoxy groups -OCH3 is 3. The van der Waals surface area contributed by atoms with Crippen LogP contribution in [-0.2, 0) is 11.3 Å². The molecular weight excluding hydrogens is 212 g/mol. The maximum absolute atomic E-state index is 11.2. The van der Waals surface area contributed by atoms with Gasteiger partial charge in [0, 0.05) is 7.11 Å². The average molecular weight is 226 g/mol. The molecular formula is C11H14O5. The molecule has 0 aliphatic heterocycles. The van der Waals surface area contributed by atoms with Gasteiger partial charge in [0.05, 0.1) is 20.8 Å². The molecule has 0 bridgehead atoms. The summed E-state index contributed by atoms with van der Waals surface area (Å²) in [6.45, 7) is 0.210. The molecule has 0 spiro atoms. The maximum Gasteiger partial charge on any atom is 0.340 e. The highest BCUT2D eigenvalue weighted by atomic mass is 16.5. The highest BCUT2D eigenvalue weighted by molar-refractivity contribution is 5.93. The molecule has 0 radical (unpaired) electrons. The summed E-state index contributed by atoms with van der Waals surface area (Å²) < 4.78 is 15.0. The van der Waals surface area contributed by atoms with Crippen LogP contribution in [0.25, 0.3) is 0 Å². The quantitative estimate of drug-likeness (QED) is 0.825. The predicted octanol–water partition coefficient (Wildman–Crippen LogP) is 1.55. The molecule has 1 aromatic carbocycles. The molecule has 5 heteroatoms. The van der Waals surface area contributed by atoms with Crippen molar-refractivity contribution >= 4 is 5.97 Å². The van der Waals surface area contributed by atoms with Gasteiger partial charge in [0.2, 0.25) is 0 Å². The maximum atomic E-state index is 11.2. The number of rotatable bonds is 5. The van der Waals surface area contributed by atoms with Crippen LogP contribution in [0.15, 0.2) is 12.1 Å². The van der Waals surface area contributed by atoms with Crippen molar-refractivity contribution in [1.82, 2.24) is 0 Å². The van der Waals surface area contributed by atoms with Gasteiger partial charge < -0.3 is 19.3 Å². The van der Waals surface area contributed by atoms with Gasteiger partial charge in [-0.15, -0.1) is 0 Å². The molecule has 16 heavy (non-hydrogen) atoms. The lowest BCUT2D eigenvalue weighted by Crippen LogP contribution is -2.07. The molecule has 0 unspecified atom stereocenters. The summed E-state index contributed by atoms with van der Waals surface area (Å²) in [6.07, 6.45) is 0. The van der Waals surface area contributed by atoms with E-state index in [4.69, 9.17) is 19.3 Å². The van der Waals surface area contributed by atoms with Crippen LogP contribution < -0.4 is 9.47 Å². The Morgan fingerprint density at radius 2 is 1.94 bits per heavy atom. The SMILES string of the molecule is COCc1ccc(OC)c(OC)c1C(=O)O. The number of ether oxygens (including phenoxy) is 3. The molecule has 1 N–H and O–H groups in total. The topological polar surface area (TPSA) is 65.0 Å². The van der Waals surface area contributed by atoms with Crippen LogP contribution in [0, 0.1) is 0 Å². The van der Waals surface area contributed by atoms with Crippen molar-refractivity contribution in [3.05, 3.63) is 23.3 Å². The molecule has 0 heterocycles. The van der Waals surface area contributed by atoms with Crippen LogP contribution in [0.3, 0.4) is 0 Å². The van der Waals surface area contributed by atoms with Crippen molar-refractivity contribution in [1.29, 1.82) is 0 Å². The van der Waals surface area contributed by atoms with E-state index in [9.17, 15) is 4.79 Å². The van der Waals surface area contributed by atoms with Gasteiger partial charge in [-0.2, -0.15) is 0 Å². The number of aromatic carboxylic acids is 1. The third kappa shape index (κ3) is 2.25. The van der Waals surface area contributed by atoms with Crippen LogP contribution in [0.2, 0.25) is 0 Å². The molecule has 0 saturated carbocycles. The Bertz CT molecular complexity index is 386. The van der Waals surface area contributed by atoms with Crippen LogP contribution in [0.5, 0.6) is 11.5 Å². The van der Waals surface area contributed by atoms with Gasteiger partial charge in [-0.25, -0.2) is 4.79 Å². The second-order valence-corrected chi connectivity index (χ2v) is 3.07. The lowest BCUT2D eigenvalue weighted by atomic mass is 10.1. The minimum Gasteiger partial charge on any atom is -0.493 e. The zero-order valence-electron chi connectivity index (χ0n) is 9.44. The zero-order chi connectivity index (χ0) is 12.1. The fourth-order valence-electron chi connectivity index (χ4n) is 1.48. The van der Waals surface area contributed by atoms with Gasteiger partial charge in [0.1, 0.15) is 5.56 Å². The van der Waals surface area contributed by atoms with Crippen molar-refractivity contribution in [2.24, 2.45) is 0 Å². The van der Waals surface area contributed by atoms with Crippen LogP contribution in [-0.4, -0.2) is 32.4 Å². The van der Waals surface area contributed by atoms with E-state index in [0.29, 0.717) is 11.3 Å². The summed E-state index contributed by atoms with van der Waals surface area (Å²) in [5.41, 5.74) is 0.622.